The van der Waals surface area contributed by atoms with Crippen molar-refractivity contribution in [1.82, 2.24) is 10.2 Å². The van der Waals surface area contributed by atoms with Gasteiger partial charge in [0, 0.05) is 30.7 Å². The van der Waals surface area contributed by atoms with Gasteiger partial charge in [-0.25, -0.2) is 0 Å². The highest BCUT2D eigenvalue weighted by atomic mass is 35.5. The highest BCUT2D eigenvalue weighted by Crippen LogP contribution is 2.31. The normalized spacial score (nSPS) is 28.0. The molecule has 4 nitrogen and oxygen atoms in total. The summed E-state index contributed by atoms with van der Waals surface area (Å²) in [6.07, 6.45) is 6.63. The third-order valence-corrected chi connectivity index (χ3v) is 5.22. The number of carbonyl (C=O) groups is 1. The van der Waals surface area contributed by atoms with E-state index >= 15 is 0 Å². The summed E-state index contributed by atoms with van der Waals surface area (Å²) in [7, 11) is 1.94. The Morgan fingerprint density at radius 1 is 1.22 bits per heavy atom. The van der Waals surface area contributed by atoms with Gasteiger partial charge in [-0.3, -0.25) is 4.79 Å². The minimum atomic E-state index is 0. The second-order valence-electron chi connectivity index (χ2n) is 6.68. The minimum Gasteiger partial charge on any atom is -0.488 e. The van der Waals surface area contributed by atoms with Crippen LogP contribution in [-0.2, 0) is 4.79 Å². The van der Waals surface area contributed by atoms with Crippen LogP contribution >= 0.6 is 12.4 Å². The van der Waals surface area contributed by atoms with Gasteiger partial charge in [0.15, 0.2) is 0 Å². The molecule has 1 amide bonds. The van der Waals surface area contributed by atoms with E-state index in [0.29, 0.717) is 24.7 Å². The molecule has 0 radical (unpaired) electrons. The molecule has 2 bridgehead atoms. The molecule has 2 saturated heterocycles. The molecule has 124 valence electrons. The van der Waals surface area contributed by atoms with E-state index in [0.717, 1.165) is 29.7 Å². The Bertz CT molecular complexity index is 619. The molecule has 23 heavy (non-hydrogen) atoms. The second kappa shape index (κ2) is 6.54. The van der Waals surface area contributed by atoms with E-state index in [-0.39, 0.29) is 18.3 Å². The zero-order valence-electron chi connectivity index (χ0n) is 13.3. The lowest BCUT2D eigenvalue weighted by atomic mass is 9.97. The predicted octanol–water partition coefficient (Wildman–Crippen LogP) is 2.63. The molecule has 1 aromatic rings. The molecule has 3 heterocycles. The summed E-state index contributed by atoms with van der Waals surface area (Å²) in [4.78, 5) is 14.7. The van der Waals surface area contributed by atoms with Crippen LogP contribution < -0.4 is 10.1 Å². The Morgan fingerprint density at radius 2 is 1.91 bits per heavy atom. The van der Waals surface area contributed by atoms with Gasteiger partial charge < -0.3 is 15.0 Å². The van der Waals surface area contributed by atoms with Gasteiger partial charge in [-0.1, -0.05) is 18.2 Å². The predicted molar refractivity (Wildman–Crippen MR) is 92.9 cm³/mol. The van der Waals surface area contributed by atoms with E-state index in [1.165, 1.54) is 12.8 Å². The molecule has 1 aromatic carbocycles. The monoisotopic (exact) mass is 334 g/mol. The molecular formula is C18H23ClN2O2. The Balaban J connectivity index is 0.00000156. The smallest absolute Gasteiger partial charge is 0.253 e. The lowest BCUT2D eigenvalue weighted by molar-refractivity contribution is -0.128. The Kier molecular flexibility index (Phi) is 4.64. The third-order valence-electron chi connectivity index (χ3n) is 5.22. The number of nitrogens with one attached hydrogen (secondary N) is 1. The Morgan fingerprint density at radius 3 is 2.65 bits per heavy atom. The van der Waals surface area contributed by atoms with Crippen LogP contribution in [0.4, 0.5) is 0 Å². The van der Waals surface area contributed by atoms with Gasteiger partial charge in [0.25, 0.3) is 5.91 Å². The van der Waals surface area contributed by atoms with Crippen molar-refractivity contribution in [3.8, 4) is 5.75 Å². The van der Waals surface area contributed by atoms with Gasteiger partial charge in [-0.15, -0.1) is 12.4 Å². The Hall–Kier alpha value is -1.52. The summed E-state index contributed by atoms with van der Waals surface area (Å²) in [5.74, 6) is 0.974. The van der Waals surface area contributed by atoms with E-state index < -0.39 is 0 Å². The molecule has 2 atom stereocenters. The summed E-state index contributed by atoms with van der Waals surface area (Å²) in [5, 5.41) is 3.63. The van der Waals surface area contributed by atoms with Crippen molar-refractivity contribution in [2.75, 3.05) is 13.7 Å². The molecule has 3 aliphatic rings. The lowest BCUT2D eigenvalue weighted by Crippen LogP contribution is -2.49. The molecular weight excluding hydrogens is 312 g/mol. The number of ether oxygens (including phenoxy) is 1. The molecule has 0 spiro atoms. The van der Waals surface area contributed by atoms with E-state index in [2.05, 4.69) is 5.32 Å². The number of hydrogen-bond donors (Lipinski definition) is 1. The van der Waals surface area contributed by atoms with Gasteiger partial charge in [-0.2, -0.15) is 0 Å². The van der Waals surface area contributed by atoms with Crippen molar-refractivity contribution >= 4 is 24.4 Å². The van der Waals surface area contributed by atoms with Gasteiger partial charge in [0.05, 0.1) is 5.57 Å². The number of amides is 1. The number of hydrogen-bond acceptors (Lipinski definition) is 3. The number of fused-ring (bicyclic) bond motifs is 3. The standard InChI is InChI=1S/C18H22N2O2.ClH/c1-20(16-9-14-6-7-15(10-16)19-14)18(21)13-8-12-4-2-3-5-17(12)22-11-13;/h2-5,8,14-16,19H,6-7,9-11H2,1H3;1H. The molecule has 0 aliphatic carbocycles. The fourth-order valence-corrected chi connectivity index (χ4v) is 3.98. The summed E-state index contributed by atoms with van der Waals surface area (Å²) >= 11 is 0. The number of piperidine rings is 1. The van der Waals surface area contributed by atoms with Crippen LogP contribution in [0.3, 0.4) is 0 Å². The summed E-state index contributed by atoms with van der Waals surface area (Å²) in [6.45, 7) is 0.373. The highest BCUT2D eigenvalue weighted by Gasteiger charge is 2.37. The first-order valence-electron chi connectivity index (χ1n) is 8.16. The molecule has 2 fully saturated rings. The van der Waals surface area contributed by atoms with Crippen LogP contribution in [0.25, 0.3) is 6.08 Å². The maximum absolute atomic E-state index is 12.8. The van der Waals surface area contributed by atoms with Crippen LogP contribution in [0.5, 0.6) is 5.75 Å². The van der Waals surface area contributed by atoms with Crippen molar-refractivity contribution in [1.29, 1.82) is 0 Å². The largest absolute Gasteiger partial charge is 0.488 e. The molecule has 4 rings (SSSR count). The van der Waals surface area contributed by atoms with Crippen molar-refractivity contribution in [3.05, 3.63) is 35.4 Å². The average molecular weight is 335 g/mol. The first kappa shape index (κ1) is 16.3. The van der Waals surface area contributed by atoms with E-state index in [1.54, 1.807) is 0 Å². The van der Waals surface area contributed by atoms with Crippen molar-refractivity contribution in [3.63, 3.8) is 0 Å². The lowest BCUT2D eigenvalue weighted by Gasteiger charge is -2.36. The topological polar surface area (TPSA) is 41.6 Å². The van der Waals surface area contributed by atoms with Crippen molar-refractivity contribution in [2.45, 2.75) is 43.8 Å². The maximum Gasteiger partial charge on any atom is 0.253 e. The van der Waals surface area contributed by atoms with Crippen LogP contribution in [0, 0.1) is 0 Å². The first-order chi connectivity index (χ1) is 10.7. The SMILES string of the molecule is CN(C(=O)C1=Cc2ccccc2OC1)C1CC2CCC(C1)N2.Cl. The molecule has 0 aromatic heterocycles. The number of rotatable bonds is 2. The fourth-order valence-electron chi connectivity index (χ4n) is 3.98. The van der Waals surface area contributed by atoms with Gasteiger partial charge >= 0.3 is 0 Å². The highest BCUT2D eigenvalue weighted by molar-refractivity contribution is 5.99. The number of nitrogens with zero attached hydrogens (tertiary/aromatic N) is 1. The molecule has 1 N–H and O–H groups in total. The minimum absolute atomic E-state index is 0. The van der Waals surface area contributed by atoms with E-state index in [1.807, 2.05) is 42.3 Å². The zero-order chi connectivity index (χ0) is 15.1. The molecule has 5 heteroatoms. The van der Waals surface area contributed by atoms with Gasteiger partial charge in [-0.05, 0) is 37.8 Å². The number of benzene rings is 1. The van der Waals surface area contributed by atoms with Crippen LogP contribution in [0.1, 0.15) is 31.2 Å². The zero-order valence-corrected chi connectivity index (χ0v) is 14.1. The van der Waals surface area contributed by atoms with Crippen LogP contribution in [0.15, 0.2) is 29.8 Å². The van der Waals surface area contributed by atoms with E-state index in [4.69, 9.17) is 4.74 Å². The number of likely N-dealkylation sites (N-methyl/N-ethyl adjacent to an activating group) is 1. The van der Waals surface area contributed by atoms with Crippen LogP contribution in [0.2, 0.25) is 0 Å². The number of para-hydroxylation sites is 1. The molecule has 0 saturated carbocycles. The van der Waals surface area contributed by atoms with Crippen molar-refractivity contribution in [2.24, 2.45) is 0 Å². The summed E-state index contributed by atoms with van der Waals surface area (Å²) < 4.78 is 5.72. The number of halogens is 1. The van der Waals surface area contributed by atoms with Gasteiger partial charge in [0.2, 0.25) is 0 Å². The maximum atomic E-state index is 12.8. The summed E-state index contributed by atoms with van der Waals surface area (Å²) in [6, 6.07) is 9.40. The van der Waals surface area contributed by atoms with Gasteiger partial charge in [0.1, 0.15) is 12.4 Å². The second-order valence-corrected chi connectivity index (χ2v) is 6.68. The van der Waals surface area contributed by atoms with Crippen molar-refractivity contribution < 1.29 is 9.53 Å². The fraction of sp³-hybridized carbons (Fsp3) is 0.500. The quantitative estimate of drug-likeness (QED) is 0.904. The van der Waals surface area contributed by atoms with E-state index in [9.17, 15) is 4.79 Å². The van der Waals surface area contributed by atoms with Crippen LogP contribution in [-0.4, -0.2) is 42.6 Å². The first-order valence-corrected chi connectivity index (χ1v) is 8.16. The summed E-state index contributed by atoms with van der Waals surface area (Å²) in [5.41, 5.74) is 1.75. The molecule has 3 aliphatic heterocycles. The Labute approximate surface area is 143 Å². The third kappa shape index (κ3) is 3.10. The average Bonchev–Trinajstić information content (AvgIpc) is 2.91. The molecule has 2 unspecified atom stereocenters. The number of carbonyl (C=O) groups excluding carboxylic acids is 1.